The lowest BCUT2D eigenvalue weighted by molar-refractivity contribution is -0.137. The molecule has 1 heterocycles. The van der Waals surface area contributed by atoms with Gasteiger partial charge in [0.15, 0.2) is 5.37 Å². The SMILES string of the molecule is CC1(C)SC(=Nc2ccc(C(F)(F)F)cc2)SC1N=O. The first kappa shape index (κ1) is 15.4. The first-order valence-corrected chi connectivity index (χ1v) is 7.36. The molecule has 0 bridgehead atoms. The summed E-state index contributed by atoms with van der Waals surface area (Å²) in [4.78, 5) is 15.0. The van der Waals surface area contributed by atoms with Gasteiger partial charge in [0.25, 0.3) is 0 Å². The highest BCUT2D eigenvalue weighted by Crippen LogP contribution is 2.48. The van der Waals surface area contributed by atoms with Gasteiger partial charge in [-0.05, 0) is 38.1 Å². The Labute approximate surface area is 122 Å². The monoisotopic (exact) mass is 320 g/mol. The Morgan fingerprint density at radius 3 is 2.25 bits per heavy atom. The van der Waals surface area contributed by atoms with Crippen LogP contribution in [0.5, 0.6) is 0 Å². The van der Waals surface area contributed by atoms with E-state index in [-0.39, 0.29) is 4.75 Å². The van der Waals surface area contributed by atoms with Crippen LogP contribution in [-0.4, -0.2) is 14.5 Å². The van der Waals surface area contributed by atoms with E-state index in [1.54, 1.807) is 0 Å². The summed E-state index contributed by atoms with van der Waals surface area (Å²) in [6.07, 6.45) is -4.35. The van der Waals surface area contributed by atoms with Crippen molar-refractivity contribution in [1.29, 1.82) is 0 Å². The van der Waals surface area contributed by atoms with Gasteiger partial charge in [-0.15, -0.1) is 4.91 Å². The Kier molecular flexibility index (Phi) is 4.15. The fraction of sp³-hybridized carbons (Fsp3) is 0.417. The largest absolute Gasteiger partial charge is 0.416 e. The zero-order chi connectivity index (χ0) is 15.0. The number of hydrogen-bond donors (Lipinski definition) is 0. The predicted molar refractivity (Wildman–Crippen MR) is 77.4 cm³/mol. The van der Waals surface area contributed by atoms with Gasteiger partial charge in [0.2, 0.25) is 0 Å². The van der Waals surface area contributed by atoms with Crippen LogP contribution < -0.4 is 0 Å². The van der Waals surface area contributed by atoms with Gasteiger partial charge in [-0.1, -0.05) is 28.7 Å². The summed E-state index contributed by atoms with van der Waals surface area (Å²) in [5.41, 5.74) is -0.281. The van der Waals surface area contributed by atoms with Gasteiger partial charge in [-0.3, -0.25) is 0 Å². The lowest BCUT2D eigenvalue weighted by Crippen LogP contribution is -2.22. The van der Waals surface area contributed by atoms with E-state index in [2.05, 4.69) is 10.2 Å². The number of hydrogen-bond acceptors (Lipinski definition) is 5. The third-order valence-corrected chi connectivity index (χ3v) is 5.56. The predicted octanol–water partition coefficient (Wildman–Crippen LogP) is 5.04. The summed E-state index contributed by atoms with van der Waals surface area (Å²) in [7, 11) is 0. The van der Waals surface area contributed by atoms with Gasteiger partial charge in [0.05, 0.1) is 16.0 Å². The van der Waals surface area contributed by atoms with Gasteiger partial charge in [-0.25, -0.2) is 4.99 Å². The summed E-state index contributed by atoms with van der Waals surface area (Å²) in [6, 6.07) is 4.60. The number of aliphatic imine (C=N–C) groups is 1. The highest BCUT2D eigenvalue weighted by Gasteiger charge is 2.41. The van der Waals surface area contributed by atoms with E-state index in [0.29, 0.717) is 10.1 Å². The number of rotatable bonds is 2. The van der Waals surface area contributed by atoms with Crippen LogP contribution in [0.1, 0.15) is 19.4 Å². The van der Waals surface area contributed by atoms with Crippen molar-refractivity contribution < 1.29 is 13.2 Å². The number of benzene rings is 1. The van der Waals surface area contributed by atoms with Crippen molar-refractivity contribution in [2.45, 2.75) is 30.1 Å². The Balaban J connectivity index is 2.18. The molecule has 1 aliphatic heterocycles. The van der Waals surface area contributed by atoms with Crippen LogP contribution in [0.4, 0.5) is 18.9 Å². The minimum atomic E-state index is -4.35. The fourth-order valence-electron chi connectivity index (χ4n) is 1.56. The van der Waals surface area contributed by atoms with Crippen LogP contribution in [0.2, 0.25) is 0 Å². The second kappa shape index (κ2) is 5.40. The van der Waals surface area contributed by atoms with Gasteiger partial charge in [0, 0.05) is 0 Å². The third-order valence-electron chi connectivity index (χ3n) is 2.67. The molecule has 0 radical (unpaired) electrons. The standard InChI is InChI=1S/C12H11F3N2OS2/c1-11(2)9(17-18)19-10(20-11)16-8-5-3-7(4-6-8)12(13,14)15/h3-6,9H,1-2H3. The lowest BCUT2D eigenvalue weighted by Gasteiger charge is -2.16. The smallest absolute Gasteiger partial charge is 0.235 e. The summed E-state index contributed by atoms with van der Waals surface area (Å²) < 4.78 is 37.6. The lowest BCUT2D eigenvalue weighted by atomic mass is 10.2. The van der Waals surface area contributed by atoms with Gasteiger partial charge in [0.1, 0.15) is 4.38 Å². The molecule has 0 spiro atoms. The molecule has 3 nitrogen and oxygen atoms in total. The summed E-state index contributed by atoms with van der Waals surface area (Å²) in [5, 5.41) is 2.60. The molecule has 1 unspecified atom stereocenters. The van der Waals surface area contributed by atoms with Crippen molar-refractivity contribution >= 4 is 33.6 Å². The third kappa shape index (κ3) is 3.35. The molecular weight excluding hydrogens is 309 g/mol. The van der Waals surface area contributed by atoms with E-state index in [9.17, 15) is 18.1 Å². The Bertz CT molecular complexity index is 541. The Morgan fingerprint density at radius 2 is 1.80 bits per heavy atom. The minimum absolute atomic E-state index is 0.364. The van der Waals surface area contributed by atoms with Crippen molar-refractivity contribution in [3.8, 4) is 0 Å². The van der Waals surface area contributed by atoms with Crippen molar-refractivity contribution in [3.63, 3.8) is 0 Å². The van der Waals surface area contributed by atoms with E-state index in [1.165, 1.54) is 35.7 Å². The molecule has 0 saturated carbocycles. The van der Waals surface area contributed by atoms with E-state index < -0.39 is 17.1 Å². The maximum atomic E-state index is 12.4. The van der Waals surface area contributed by atoms with Crippen LogP contribution in [-0.2, 0) is 6.18 Å². The molecule has 1 saturated heterocycles. The first-order chi connectivity index (χ1) is 9.22. The van der Waals surface area contributed by atoms with Crippen LogP contribution in [0, 0.1) is 4.91 Å². The van der Waals surface area contributed by atoms with Crippen LogP contribution >= 0.6 is 23.5 Å². The molecule has 8 heteroatoms. The number of nitrogens with zero attached hydrogens (tertiary/aromatic N) is 2. The molecule has 1 aromatic rings. The van der Waals surface area contributed by atoms with Crippen LogP contribution in [0.15, 0.2) is 34.4 Å². The zero-order valence-electron chi connectivity index (χ0n) is 10.6. The van der Waals surface area contributed by atoms with Crippen molar-refractivity contribution in [2.24, 2.45) is 10.2 Å². The van der Waals surface area contributed by atoms with Crippen LogP contribution in [0.25, 0.3) is 0 Å². The first-order valence-electron chi connectivity index (χ1n) is 5.66. The molecule has 0 N–H and O–H groups in total. The molecule has 2 rings (SSSR count). The molecule has 1 aromatic carbocycles. The van der Waals surface area contributed by atoms with Gasteiger partial charge in [-0.2, -0.15) is 13.2 Å². The van der Waals surface area contributed by atoms with Gasteiger partial charge >= 0.3 is 6.18 Å². The Hall–Kier alpha value is -1.02. The Morgan fingerprint density at radius 1 is 1.20 bits per heavy atom. The highest BCUT2D eigenvalue weighted by atomic mass is 32.2. The molecule has 0 aromatic heterocycles. The molecule has 1 fully saturated rings. The van der Waals surface area contributed by atoms with Crippen molar-refractivity contribution in [3.05, 3.63) is 34.7 Å². The molecule has 1 atom stereocenters. The molecule has 20 heavy (non-hydrogen) atoms. The van der Waals surface area contributed by atoms with Gasteiger partial charge < -0.3 is 0 Å². The van der Waals surface area contributed by atoms with Crippen LogP contribution in [0.3, 0.4) is 0 Å². The molecule has 0 aliphatic carbocycles. The molecule has 1 aliphatic rings. The second-order valence-corrected chi connectivity index (χ2v) is 7.67. The topological polar surface area (TPSA) is 41.8 Å². The molecular formula is C12H11F3N2OS2. The number of alkyl halides is 3. The maximum Gasteiger partial charge on any atom is 0.416 e. The number of thioether (sulfide) groups is 2. The second-order valence-electron chi connectivity index (χ2n) is 4.70. The summed E-state index contributed by atoms with van der Waals surface area (Å²) in [6.45, 7) is 3.76. The van der Waals surface area contributed by atoms with E-state index >= 15 is 0 Å². The van der Waals surface area contributed by atoms with E-state index in [1.807, 2.05) is 13.8 Å². The summed E-state index contributed by atoms with van der Waals surface area (Å²) >= 11 is 2.64. The van der Waals surface area contributed by atoms with Crippen molar-refractivity contribution in [1.82, 2.24) is 0 Å². The molecule has 0 amide bonds. The minimum Gasteiger partial charge on any atom is -0.235 e. The van der Waals surface area contributed by atoms with E-state index in [4.69, 9.17) is 0 Å². The zero-order valence-corrected chi connectivity index (χ0v) is 12.3. The van der Waals surface area contributed by atoms with Crippen molar-refractivity contribution in [2.75, 3.05) is 0 Å². The average molecular weight is 320 g/mol. The highest BCUT2D eigenvalue weighted by molar-refractivity contribution is 8.42. The number of halogens is 3. The van der Waals surface area contributed by atoms with E-state index in [0.717, 1.165) is 12.1 Å². The quantitative estimate of drug-likeness (QED) is 0.717. The summed E-state index contributed by atoms with van der Waals surface area (Å²) in [5.74, 6) is 0. The normalized spacial score (nSPS) is 24.1. The fourth-order valence-corrected chi connectivity index (χ4v) is 4.38. The number of nitroso groups, excluding NO2 is 1. The molecule has 108 valence electrons. The average Bonchev–Trinajstić information content (AvgIpc) is 2.63. The maximum absolute atomic E-state index is 12.4.